The predicted octanol–water partition coefficient (Wildman–Crippen LogP) is 6.93. The molecule has 0 atom stereocenters. The Labute approximate surface area is 197 Å². The van der Waals surface area contributed by atoms with Crippen molar-refractivity contribution in [2.45, 2.75) is 20.4 Å². The maximum absolute atomic E-state index is 9.30. The third-order valence-corrected chi connectivity index (χ3v) is 4.95. The van der Waals surface area contributed by atoms with Crippen molar-refractivity contribution in [3.8, 4) is 6.07 Å². The highest BCUT2D eigenvalue weighted by Crippen LogP contribution is 2.35. The SMILES string of the molecule is [C-]#[N+]c1c(C#N)nc(N=Nc2c(C)cc(Nc3ccccc3)nc2Nc2ccccc2)n1CC. The standard InChI is InChI=1S/C25H21N9/c1-4-34-24(27-3)20(16-26)30-25(34)33-32-22-17(2)15-21(28-18-11-7-5-8-12-18)31-23(22)29-19-13-9-6-10-14-19/h5-15H,4H2,1-2H3,(H2,28,29,31). The van der Waals surface area contributed by atoms with E-state index in [0.717, 1.165) is 16.9 Å². The minimum atomic E-state index is 0.0330. The number of azo groups is 1. The van der Waals surface area contributed by atoms with E-state index in [1.54, 1.807) is 4.57 Å². The molecule has 0 aliphatic rings. The van der Waals surface area contributed by atoms with Gasteiger partial charge in [0.1, 0.15) is 17.6 Å². The van der Waals surface area contributed by atoms with Gasteiger partial charge in [-0.25, -0.2) is 4.98 Å². The van der Waals surface area contributed by atoms with Gasteiger partial charge in [0.2, 0.25) is 0 Å². The second-order valence-electron chi connectivity index (χ2n) is 7.26. The molecule has 0 unspecified atom stereocenters. The topological polar surface area (TPSA) is 108 Å². The Bertz CT molecular complexity index is 1410. The second-order valence-corrected chi connectivity index (χ2v) is 7.26. The van der Waals surface area contributed by atoms with Crippen molar-refractivity contribution in [1.29, 1.82) is 5.26 Å². The molecule has 2 heterocycles. The van der Waals surface area contributed by atoms with Crippen molar-refractivity contribution in [2.24, 2.45) is 10.2 Å². The van der Waals surface area contributed by atoms with Crippen molar-refractivity contribution >= 4 is 40.5 Å². The van der Waals surface area contributed by atoms with Crippen LogP contribution in [-0.4, -0.2) is 14.5 Å². The molecule has 0 saturated carbocycles. The van der Waals surface area contributed by atoms with Crippen LogP contribution in [-0.2, 0) is 6.54 Å². The minimum absolute atomic E-state index is 0.0330. The summed E-state index contributed by atoms with van der Waals surface area (Å²) in [6.07, 6.45) is 0. The molecule has 0 amide bonds. The van der Waals surface area contributed by atoms with E-state index in [2.05, 4.69) is 30.7 Å². The van der Waals surface area contributed by atoms with Crippen molar-refractivity contribution < 1.29 is 0 Å². The van der Waals surface area contributed by atoms with Gasteiger partial charge < -0.3 is 15.5 Å². The van der Waals surface area contributed by atoms with E-state index in [0.29, 0.717) is 23.9 Å². The van der Waals surface area contributed by atoms with Crippen LogP contribution in [0.3, 0.4) is 0 Å². The highest BCUT2D eigenvalue weighted by molar-refractivity contribution is 5.74. The van der Waals surface area contributed by atoms with Crippen LogP contribution in [0.1, 0.15) is 18.2 Å². The molecule has 2 aromatic heterocycles. The summed E-state index contributed by atoms with van der Waals surface area (Å²) >= 11 is 0. The number of rotatable bonds is 7. The number of imidazole rings is 1. The number of nitrogens with zero attached hydrogens (tertiary/aromatic N) is 7. The van der Waals surface area contributed by atoms with Gasteiger partial charge in [-0.15, -0.1) is 5.11 Å². The molecule has 2 N–H and O–H groups in total. The number of nitriles is 1. The van der Waals surface area contributed by atoms with Crippen LogP contribution < -0.4 is 10.6 Å². The number of para-hydroxylation sites is 2. The normalized spacial score (nSPS) is 10.6. The molecule has 9 nitrogen and oxygen atoms in total. The molecular formula is C25H21N9. The largest absolute Gasteiger partial charge is 0.361 e. The first-order valence-electron chi connectivity index (χ1n) is 10.6. The molecule has 4 rings (SSSR count). The Hall–Kier alpha value is -5.02. The van der Waals surface area contributed by atoms with Gasteiger partial charge >= 0.3 is 5.95 Å². The van der Waals surface area contributed by atoms with Crippen molar-refractivity contribution in [3.63, 3.8) is 0 Å². The van der Waals surface area contributed by atoms with Gasteiger partial charge in [0.05, 0.1) is 6.54 Å². The lowest BCUT2D eigenvalue weighted by Gasteiger charge is -2.13. The Kier molecular flexibility index (Phi) is 6.57. The van der Waals surface area contributed by atoms with Gasteiger partial charge in [0.25, 0.3) is 5.82 Å². The Morgan fingerprint density at radius 3 is 2.24 bits per heavy atom. The van der Waals surface area contributed by atoms with Gasteiger partial charge in [0.15, 0.2) is 11.5 Å². The highest BCUT2D eigenvalue weighted by atomic mass is 15.3. The maximum atomic E-state index is 9.30. The predicted molar refractivity (Wildman–Crippen MR) is 131 cm³/mol. The maximum Gasteiger partial charge on any atom is 0.324 e. The van der Waals surface area contributed by atoms with Gasteiger partial charge in [-0.1, -0.05) is 48.1 Å². The van der Waals surface area contributed by atoms with Gasteiger partial charge in [-0.2, -0.15) is 10.2 Å². The number of pyridine rings is 1. The average Bonchev–Trinajstić information content (AvgIpc) is 3.21. The van der Waals surface area contributed by atoms with Crippen LogP contribution >= 0.6 is 0 Å². The zero-order valence-electron chi connectivity index (χ0n) is 18.7. The highest BCUT2D eigenvalue weighted by Gasteiger charge is 2.18. The quantitative estimate of drug-likeness (QED) is 0.236. The summed E-state index contributed by atoms with van der Waals surface area (Å²) in [6.45, 7) is 11.6. The Morgan fingerprint density at radius 1 is 1.00 bits per heavy atom. The molecule has 34 heavy (non-hydrogen) atoms. The molecule has 166 valence electrons. The molecule has 0 fully saturated rings. The van der Waals surface area contributed by atoms with Gasteiger partial charge in [0, 0.05) is 11.4 Å². The molecule has 2 aromatic carbocycles. The molecular weight excluding hydrogens is 426 g/mol. The van der Waals surface area contributed by atoms with Crippen LogP contribution in [0.25, 0.3) is 4.85 Å². The van der Waals surface area contributed by atoms with Crippen molar-refractivity contribution in [2.75, 3.05) is 10.6 Å². The number of aromatic nitrogens is 3. The van der Waals surface area contributed by atoms with Crippen LogP contribution in [0, 0.1) is 24.8 Å². The van der Waals surface area contributed by atoms with Crippen LogP contribution in [0.15, 0.2) is 77.0 Å². The molecule has 0 saturated heterocycles. The number of nitrogens with one attached hydrogen (secondary N) is 2. The number of hydrogen-bond acceptors (Lipinski definition) is 7. The summed E-state index contributed by atoms with van der Waals surface area (Å²) in [6, 6.07) is 23.2. The fourth-order valence-electron chi connectivity index (χ4n) is 3.35. The lowest BCUT2D eigenvalue weighted by atomic mass is 10.2. The van der Waals surface area contributed by atoms with E-state index in [1.807, 2.05) is 86.6 Å². The lowest BCUT2D eigenvalue weighted by Crippen LogP contribution is -2.00. The number of aryl methyl sites for hydroxylation is 1. The van der Waals surface area contributed by atoms with E-state index in [9.17, 15) is 5.26 Å². The van der Waals surface area contributed by atoms with E-state index < -0.39 is 0 Å². The van der Waals surface area contributed by atoms with E-state index in [-0.39, 0.29) is 17.5 Å². The van der Waals surface area contributed by atoms with E-state index in [4.69, 9.17) is 11.6 Å². The fourth-order valence-corrected chi connectivity index (χ4v) is 3.35. The first-order valence-corrected chi connectivity index (χ1v) is 10.6. The number of hydrogen-bond donors (Lipinski definition) is 2. The molecule has 0 bridgehead atoms. The number of benzene rings is 2. The van der Waals surface area contributed by atoms with E-state index >= 15 is 0 Å². The summed E-state index contributed by atoms with van der Waals surface area (Å²) in [4.78, 5) is 12.3. The second kappa shape index (κ2) is 10.1. The molecule has 0 spiro atoms. The first-order chi connectivity index (χ1) is 16.6. The molecule has 9 heteroatoms. The fraction of sp³-hybridized carbons (Fsp3) is 0.120. The van der Waals surface area contributed by atoms with Crippen LogP contribution in [0.2, 0.25) is 0 Å². The summed E-state index contributed by atoms with van der Waals surface area (Å²) in [5.41, 5.74) is 3.15. The third kappa shape index (κ3) is 4.74. The lowest BCUT2D eigenvalue weighted by molar-refractivity contribution is 0.770. The van der Waals surface area contributed by atoms with Crippen LogP contribution in [0.5, 0.6) is 0 Å². The van der Waals surface area contributed by atoms with Crippen molar-refractivity contribution in [3.05, 3.63) is 89.4 Å². The minimum Gasteiger partial charge on any atom is -0.361 e. The van der Waals surface area contributed by atoms with E-state index in [1.165, 1.54) is 0 Å². The summed E-state index contributed by atoms with van der Waals surface area (Å²) in [7, 11) is 0. The zero-order chi connectivity index (χ0) is 23.9. The zero-order valence-corrected chi connectivity index (χ0v) is 18.7. The molecule has 0 aliphatic carbocycles. The summed E-state index contributed by atoms with van der Waals surface area (Å²) in [5.74, 6) is 1.51. The molecule has 0 radical (unpaired) electrons. The first kappa shape index (κ1) is 22.2. The average molecular weight is 448 g/mol. The number of anilines is 4. The third-order valence-electron chi connectivity index (χ3n) is 4.95. The summed E-state index contributed by atoms with van der Waals surface area (Å²) in [5, 5.41) is 24.6. The van der Waals surface area contributed by atoms with Crippen molar-refractivity contribution in [1.82, 2.24) is 14.5 Å². The molecule has 0 aliphatic heterocycles. The van der Waals surface area contributed by atoms with Crippen LogP contribution in [0.4, 0.5) is 40.5 Å². The Morgan fingerprint density at radius 2 is 1.65 bits per heavy atom. The smallest absolute Gasteiger partial charge is 0.324 e. The molecule has 4 aromatic rings. The summed E-state index contributed by atoms with van der Waals surface area (Å²) < 4.78 is 1.56. The van der Waals surface area contributed by atoms with Gasteiger partial charge in [-0.05, 0) is 49.7 Å². The Balaban J connectivity index is 1.76. The monoisotopic (exact) mass is 447 g/mol. The van der Waals surface area contributed by atoms with Gasteiger partial charge in [-0.3, -0.25) is 4.57 Å².